The highest BCUT2D eigenvalue weighted by molar-refractivity contribution is 7.84. The quantitative estimate of drug-likeness (QED) is 0.734. The van der Waals surface area contributed by atoms with Gasteiger partial charge in [-0.25, -0.2) is 0 Å². The molecule has 0 aromatic heterocycles. The van der Waals surface area contributed by atoms with Gasteiger partial charge in [-0.05, 0) is 12.8 Å². The molecule has 0 radical (unpaired) electrons. The summed E-state index contributed by atoms with van der Waals surface area (Å²) in [7, 11) is -0.912. The number of amides is 1. The molecule has 0 spiro atoms. The molecule has 0 bridgehead atoms. The second kappa shape index (κ2) is 6.57. The van der Waals surface area contributed by atoms with E-state index < -0.39 is 16.2 Å². The summed E-state index contributed by atoms with van der Waals surface area (Å²) in [6.07, 6.45) is 2.59. The highest BCUT2D eigenvalue weighted by Crippen LogP contribution is 2.25. The molecule has 0 aliphatic heterocycles. The van der Waals surface area contributed by atoms with E-state index >= 15 is 0 Å². The molecule has 0 heterocycles. The second-order valence-corrected chi connectivity index (χ2v) is 4.99. The van der Waals surface area contributed by atoms with E-state index in [9.17, 15) is 9.00 Å². The van der Waals surface area contributed by atoms with Crippen LogP contribution in [0.25, 0.3) is 0 Å². The summed E-state index contributed by atoms with van der Waals surface area (Å²) in [6.45, 7) is 4.01. The Bertz CT molecular complexity index is 280. The third-order valence-corrected chi connectivity index (χ3v) is 3.31. The van der Waals surface area contributed by atoms with Crippen LogP contribution < -0.4 is 5.32 Å². The lowest BCUT2D eigenvalue weighted by Crippen LogP contribution is -2.40. The van der Waals surface area contributed by atoms with Crippen LogP contribution in [0.4, 0.5) is 0 Å². The van der Waals surface area contributed by atoms with Gasteiger partial charge in [-0.2, -0.15) is 5.26 Å². The minimum atomic E-state index is -0.921. The van der Waals surface area contributed by atoms with E-state index in [0.29, 0.717) is 25.1 Å². The standard InChI is InChI=1S/C10H18N2O2S/c1-4-10(5-2,8-11)9(13)12-6-7-15(3)14/h4-7H2,1-3H3,(H,12,13). The van der Waals surface area contributed by atoms with Crippen molar-refractivity contribution in [2.75, 3.05) is 18.6 Å². The van der Waals surface area contributed by atoms with E-state index in [1.807, 2.05) is 13.8 Å². The fourth-order valence-electron chi connectivity index (χ4n) is 1.26. The van der Waals surface area contributed by atoms with Crippen LogP contribution in [-0.4, -0.2) is 28.7 Å². The summed E-state index contributed by atoms with van der Waals surface area (Å²) in [6, 6.07) is 2.06. The topological polar surface area (TPSA) is 70.0 Å². The van der Waals surface area contributed by atoms with E-state index in [4.69, 9.17) is 5.26 Å². The van der Waals surface area contributed by atoms with Gasteiger partial charge in [0.1, 0.15) is 5.41 Å². The Morgan fingerprint density at radius 3 is 2.33 bits per heavy atom. The molecule has 0 aliphatic carbocycles. The molecule has 0 rings (SSSR count). The number of hydrogen-bond donors (Lipinski definition) is 1. The zero-order valence-corrected chi connectivity index (χ0v) is 10.3. The van der Waals surface area contributed by atoms with E-state index in [0.717, 1.165) is 0 Å². The first-order valence-corrected chi connectivity index (χ1v) is 6.74. The number of hydrogen-bond acceptors (Lipinski definition) is 3. The summed E-state index contributed by atoms with van der Waals surface area (Å²) in [5.41, 5.74) is -0.921. The maximum Gasteiger partial charge on any atom is 0.240 e. The van der Waals surface area contributed by atoms with E-state index in [1.165, 1.54) is 0 Å². The molecule has 0 aliphatic rings. The highest BCUT2D eigenvalue weighted by Gasteiger charge is 2.34. The van der Waals surface area contributed by atoms with Gasteiger partial charge in [0.05, 0.1) is 6.07 Å². The van der Waals surface area contributed by atoms with Crippen molar-refractivity contribution in [3.8, 4) is 6.07 Å². The summed E-state index contributed by atoms with van der Waals surface area (Å²) in [5.74, 6) is 0.182. The average Bonchev–Trinajstić information content (AvgIpc) is 2.21. The van der Waals surface area contributed by atoms with E-state index in [-0.39, 0.29) is 5.91 Å². The Morgan fingerprint density at radius 2 is 2.00 bits per heavy atom. The smallest absolute Gasteiger partial charge is 0.240 e. The average molecular weight is 230 g/mol. The van der Waals surface area contributed by atoms with E-state index in [1.54, 1.807) is 6.26 Å². The SMILES string of the molecule is CCC(C#N)(CC)C(=O)NCCS(C)=O. The molecule has 1 atom stereocenters. The van der Waals surface area contributed by atoms with Gasteiger partial charge in [-0.3, -0.25) is 9.00 Å². The first-order valence-electron chi connectivity index (χ1n) is 5.02. The molecule has 1 N–H and O–H groups in total. The van der Waals surface area contributed by atoms with Gasteiger partial charge in [0.2, 0.25) is 5.91 Å². The van der Waals surface area contributed by atoms with Crippen LogP contribution >= 0.6 is 0 Å². The molecule has 0 saturated heterocycles. The van der Waals surface area contributed by atoms with Gasteiger partial charge in [-0.1, -0.05) is 13.8 Å². The first kappa shape index (κ1) is 14.1. The van der Waals surface area contributed by atoms with Gasteiger partial charge in [0.25, 0.3) is 0 Å². The van der Waals surface area contributed by atoms with Crippen LogP contribution in [0, 0.1) is 16.7 Å². The van der Waals surface area contributed by atoms with Crippen LogP contribution in [0.2, 0.25) is 0 Å². The van der Waals surface area contributed by atoms with Crippen molar-refractivity contribution in [2.24, 2.45) is 5.41 Å². The third-order valence-electron chi connectivity index (χ3n) is 2.53. The normalized spacial score (nSPS) is 12.9. The Kier molecular flexibility index (Phi) is 6.18. The molecule has 1 amide bonds. The molecule has 15 heavy (non-hydrogen) atoms. The molecule has 0 fully saturated rings. The summed E-state index contributed by atoms with van der Waals surface area (Å²) < 4.78 is 10.8. The van der Waals surface area contributed by atoms with Crippen LogP contribution in [0.15, 0.2) is 0 Å². The van der Waals surface area contributed by atoms with Crippen LogP contribution in [0.1, 0.15) is 26.7 Å². The predicted molar refractivity (Wildman–Crippen MR) is 60.6 cm³/mol. The lowest BCUT2D eigenvalue weighted by Gasteiger charge is -2.21. The third kappa shape index (κ3) is 4.00. The van der Waals surface area contributed by atoms with Crippen molar-refractivity contribution in [2.45, 2.75) is 26.7 Å². The number of rotatable bonds is 6. The zero-order valence-electron chi connectivity index (χ0n) is 9.50. The summed E-state index contributed by atoms with van der Waals surface area (Å²) in [5, 5.41) is 11.6. The molecular formula is C10H18N2O2S. The van der Waals surface area contributed by atoms with Crippen molar-refractivity contribution in [1.29, 1.82) is 5.26 Å². The number of nitriles is 1. The summed E-state index contributed by atoms with van der Waals surface area (Å²) in [4.78, 5) is 11.7. The minimum absolute atomic E-state index is 0.250. The Morgan fingerprint density at radius 1 is 1.47 bits per heavy atom. The van der Waals surface area contributed by atoms with Gasteiger partial charge >= 0.3 is 0 Å². The number of nitrogens with one attached hydrogen (secondary N) is 1. The zero-order chi connectivity index (χ0) is 11.9. The second-order valence-electron chi connectivity index (χ2n) is 3.43. The Balaban J connectivity index is 4.29. The fourth-order valence-corrected chi connectivity index (χ4v) is 1.65. The van der Waals surface area contributed by atoms with Gasteiger partial charge in [0, 0.05) is 29.4 Å². The van der Waals surface area contributed by atoms with Crippen molar-refractivity contribution < 1.29 is 9.00 Å². The Hall–Kier alpha value is -0.890. The van der Waals surface area contributed by atoms with Crippen LogP contribution in [0.3, 0.4) is 0 Å². The maximum atomic E-state index is 11.7. The molecular weight excluding hydrogens is 212 g/mol. The number of carbonyl (C=O) groups excluding carboxylic acids is 1. The maximum absolute atomic E-state index is 11.7. The Labute approximate surface area is 93.5 Å². The van der Waals surface area contributed by atoms with Gasteiger partial charge in [-0.15, -0.1) is 0 Å². The first-order chi connectivity index (χ1) is 7.02. The highest BCUT2D eigenvalue weighted by atomic mass is 32.2. The molecule has 0 saturated carbocycles. The lowest BCUT2D eigenvalue weighted by molar-refractivity contribution is -0.128. The van der Waals surface area contributed by atoms with Crippen molar-refractivity contribution in [3.05, 3.63) is 0 Å². The van der Waals surface area contributed by atoms with Crippen molar-refractivity contribution >= 4 is 16.7 Å². The van der Waals surface area contributed by atoms with Crippen molar-refractivity contribution in [1.82, 2.24) is 5.32 Å². The van der Waals surface area contributed by atoms with Crippen LogP contribution in [-0.2, 0) is 15.6 Å². The molecule has 1 unspecified atom stereocenters. The largest absolute Gasteiger partial charge is 0.354 e. The number of nitrogens with zero attached hydrogens (tertiary/aromatic N) is 1. The minimum Gasteiger partial charge on any atom is -0.354 e. The lowest BCUT2D eigenvalue weighted by atomic mass is 9.83. The summed E-state index contributed by atoms with van der Waals surface area (Å²) >= 11 is 0. The molecule has 5 heteroatoms. The van der Waals surface area contributed by atoms with Gasteiger partial charge in [0.15, 0.2) is 0 Å². The molecule has 0 aromatic carbocycles. The van der Waals surface area contributed by atoms with Crippen molar-refractivity contribution in [3.63, 3.8) is 0 Å². The monoisotopic (exact) mass is 230 g/mol. The molecule has 0 aromatic rings. The molecule has 4 nitrogen and oxygen atoms in total. The van der Waals surface area contributed by atoms with E-state index in [2.05, 4.69) is 11.4 Å². The number of carbonyl (C=O) groups is 1. The predicted octanol–water partition coefficient (Wildman–Crippen LogP) is 0.811. The van der Waals surface area contributed by atoms with Crippen LogP contribution in [0.5, 0.6) is 0 Å². The fraction of sp³-hybridized carbons (Fsp3) is 0.800. The molecule has 86 valence electrons. The van der Waals surface area contributed by atoms with Gasteiger partial charge < -0.3 is 5.32 Å².